The molecule has 52 heavy (non-hydrogen) atoms. The van der Waals surface area contributed by atoms with Gasteiger partial charge in [0.15, 0.2) is 12.1 Å². The van der Waals surface area contributed by atoms with Crippen LogP contribution in [0.15, 0.2) is 18.2 Å². The molecule has 2 aromatic rings. The topological polar surface area (TPSA) is 256 Å². The van der Waals surface area contributed by atoms with Crippen molar-refractivity contribution >= 4 is 67.8 Å². The molecular weight excluding hydrogens is 795 g/mol. The van der Waals surface area contributed by atoms with Crippen LogP contribution in [-0.2, 0) is 43.9 Å². The molecule has 0 radical (unpaired) electrons. The van der Waals surface area contributed by atoms with Gasteiger partial charge in [0, 0.05) is 19.3 Å². The Morgan fingerprint density at radius 1 is 0.962 bits per heavy atom. The zero-order valence-corrected chi connectivity index (χ0v) is 31.6. The summed E-state index contributed by atoms with van der Waals surface area (Å²) in [5, 5.41) is 32.6. The number of hydrogen-bond donors (Lipinski definition) is 7. The molecule has 0 amide bonds. The highest BCUT2D eigenvalue weighted by atomic mass is 35.5. The lowest BCUT2D eigenvalue weighted by atomic mass is 10.1. The van der Waals surface area contributed by atoms with Crippen molar-refractivity contribution in [1.29, 1.82) is 5.41 Å². The molecule has 1 aromatic carbocycles. The molecule has 1 aromatic heterocycles. The van der Waals surface area contributed by atoms with Crippen molar-refractivity contribution in [3.8, 4) is 12.3 Å². The zero-order valence-electron chi connectivity index (χ0n) is 27.6. The van der Waals surface area contributed by atoms with E-state index in [0.29, 0.717) is 43.1 Å². The third-order valence-corrected chi connectivity index (χ3v) is 11.3. The van der Waals surface area contributed by atoms with E-state index in [2.05, 4.69) is 21.2 Å². The third-order valence-electron chi connectivity index (χ3n) is 6.95. The Bertz CT molecular complexity index is 1600. The summed E-state index contributed by atoms with van der Waals surface area (Å²) in [5.74, 6) is 1.03. The summed E-state index contributed by atoms with van der Waals surface area (Å²) >= 11 is 18.7. The number of terminal acetylenes is 1. The summed E-state index contributed by atoms with van der Waals surface area (Å²) in [5.41, 5.74) is 0.826. The molecule has 0 saturated carbocycles. The van der Waals surface area contributed by atoms with Crippen molar-refractivity contribution in [3.05, 3.63) is 44.7 Å². The van der Waals surface area contributed by atoms with Crippen LogP contribution in [0.2, 0.25) is 15.3 Å². The number of nitrogens with one attached hydrogen (secondary N) is 2. The summed E-state index contributed by atoms with van der Waals surface area (Å²) in [6, 6.07) is 5.05. The number of aliphatic hydroxyl groups excluding tert-OH is 2. The van der Waals surface area contributed by atoms with Gasteiger partial charge in [0.1, 0.15) is 36.6 Å². The Kier molecular flexibility index (Phi) is 18.6. The van der Waals surface area contributed by atoms with Crippen LogP contribution in [0.1, 0.15) is 11.1 Å². The Balaban J connectivity index is 1.69. The predicted octanol–water partition coefficient (Wildman–Crippen LogP) is 2.34. The summed E-state index contributed by atoms with van der Waals surface area (Å²) in [6.45, 7) is 2.09. The maximum atomic E-state index is 12.1. The normalized spacial score (nSPS) is 20.0. The molecule has 3 rings (SSSR count). The molecule has 5 atom stereocenters. The Morgan fingerprint density at radius 3 is 2.19 bits per heavy atom. The van der Waals surface area contributed by atoms with Crippen molar-refractivity contribution in [2.75, 3.05) is 82.1 Å². The lowest BCUT2D eigenvalue weighted by Gasteiger charge is -2.27. The second-order valence-corrected chi connectivity index (χ2v) is 16.1. The highest BCUT2D eigenvalue weighted by molar-refractivity contribution is 7.70. The molecule has 1 unspecified atom stereocenters. The van der Waals surface area contributed by atoms with Gasteiger partial charge in [0.25, 0.3) is 0 Å². The van der Waals surface area contributed by atoms with E-state index in [1.165, 1.54) is 0 Å². The average molecular weight is 835 g/mol. The molecule has 1 fully saturated rings. The quantitative estimate of drug-likeness (QED) is 0.0263. The number of aliphatic hydroxyl groups is 2. The van der Waals surface area contributed by atoms with E-state index < -0.39 is 52.2 Å². The molecule has 23 heteroatoms. The molecule has 0 spiro atoms. The van der Waals surface area contributed by atoms with Gasteiger partial charge >= 0.3 is 15.2 Å². The number of hydrogen-bond acceptors (Lipinski definition) is 15. The van der Waals surface area contributed by atoms with Gasteiger partial charge in [-0.3, -0.25) is 9.13 Å². The van der Waals surface area contributed by atoms with Crippen LogP contribution in [0.3, 0.4) is 0 Å². The lowest BCUT2D eigenvalue weighted by molar-refractivity contribution is -0.0110. The van der Waals surface area contributed by atoms with Gasteiger partial charge in [-0.2, -0.15) is 9.97 Å². The molecule has 1 saturated heterocycles. The minimum absolute atomic E-state index is 0.0737. The predicted molar refractivity (Wildman–Crippen MR) is 192 cm³/mol. The van der Waals surface area contributed by atoms with Crippen LogP contribution < -0.4 is 10.2 Å². The number of nitrogens with zero attached hydrogens (tertiary/aromatic N) is 3. The van der Waals surface area contributed by atoms with Crippen molar-refractivity contribution in [2.24, 2.45) is 0 Å². The molecule has 2 heterocycles. The fourth-order valence-electron chi connectivity index (χ4n) is 4.60. The van der Waals surface area contributed by atoms with Gasteiger partial charge in [-0.15, -0.1) is 6.42 Å². The fraction of sp³-hybridized carbons (Fsp3) is 0.552. The van der Waals surface area contributed by atoms with Crippen molar-refractivity contribution in [1.82, 2.24) is 9.97 Å². The molecule has 18 nitrogen and oxygen atoms in total. The number of ether oxygens (including phenoxy) is 5. The Hall–Kier alpha value is -1.98. The van der Waals surface area contributed by atoms with Gasteiger partial charge in [0.2, 0.25) is 5.28 Å². The number of benzene rings is 1. The first-order valence-electron chi connectivity index (χ1n) is 15.4. The minimum Gasteiger partial charge on any atom is -0.387 e. The number of halogens is 3. The number of anilines is 2. The van der Waals surface area contributed by atoms with Crippen LogP contribution >= 0.6 is 50.0 Å². The minimum atomic E-state index is -4.90. The maximum Gasteiger partial charge on any atom is 0.340 e. The highest BCUT2D eigenvalue weighted by Gasteiger charge is 2.45. The molecule has 290 valence electrons. The van der Waals surface area contributed by atoms with E-state index >= 15 is 0 Å². The van der Waals surface area contributed by atoms with Crippen molar-refractivity contribution in [3.63, 3.8) is 0 Å². The van der Waals surface area contributed by atoms with Crippen molar-refractivity contribution in [2.45, 2.75) is 31.1 Å². The van der Waals surface area contributed by atoms with E-state index in [-0.39, 0.29) is 55.4 Å². The standard InChI is InChI=1S/C29H40Cl3N5O13P2/c1-2-6-45-8-10-47-12-13-48-11-9-46-7-5-37(16-19-3-4-21(30)22(31)14-19)27-20(15-33)26(35-29(32)36-27)34-28-25(39)24(38)23(50-28)17-49-52(43,44)18-51(40,41)42/h1,3-4,14-15,23-25,28,33,38-39H,5-13,16-18H2,(H,43,44)(H,34,35,36)(H2,40,41,42)/t23-,24-,25-,28-/m1/s1. The van der Waals surface area contributed by atoms with E-state index in [4.69, 9.17) is 84.6 Å². The number of rotatable bonds is 24. The van der Waals surface area contributed by atoms with E-state index in [1.807, 2.05) is 0 Å². The van der Waals surface area contributed by atoms with Crippen LogP contribution in [0, 0.1) is 17.8 Å². The van der Waals surface area contributed by atoms with Crippen LogP contribution in [0.4, 0.5) is 11.6 Å². The Labute approximate surface area is 314 Å². The molecule has 1 aliphatic heterocycles. The van der Waals surface area contributed by atoms with Crippen LogP contribution in [0.5, 0.6) is 0 Å². The summed E-state index contributed by atoms with van der Waals surface area (Å²) in [6.07, 6.45) is -0.0571. The van der Waals surface area contributed by atoms with E-state index in [1.54, 1.807) is 23.1 Å². The molecular formula is C29H40Cl3N5O13P2. The molecule has 0 aliphatic carbocycles. The SMILES string of the molecule is C#CCOCCOCCOCCOCCN(Cc1ccc(Cl)c(Cl)c1)c1nc(Cl)nc(N[C@@H]2O[C@H](COP(=O)(O)CP(=O)(O)O)[C@@H](O)[C@H]2O)c1C=N. The van der Waals surface area contributed by atoms with E-state index in [0.717, 1.165) is 11.8 Å². The summed E-state index contributed by atoms with van der Waals surface area (Å²) in [4.78, 5) is 38.0. The molecule has 0 bridgehead atoms. The highest BCUT2D eigenvalue weighted by Crippen LogP contribution is 2.55. The van der Waals surface area contributed by atoms with Gasteiger partial charge in [-0.25, -0.2) is 0 Å². The first-order chi connectivity index (χ1) is 24.6. The Morgan fingerprint density at radius 2 is 1.60 bits per heavy atom. The van der Waals surface area contributed by atoms with Gasteiger partial charge in [0.05, 0.1) is 68.5 Å². The van der Waals surface area contributed by atoms with Gasteiger partial charge < -0.3 is 68.7 Å². The fourth-order valence-corrected chi connectivity index (χ4v) is 7.66. The average Bonchev–Trinajstić information content (AvgIpc) is 3.33. The first-order valence-corrected chi connectivity index (χ1v) is 20.1. The monoisotopic (exact) mass is 833 g/mol. The summed E-state index contributed by atoms with van der Waals surface area (Å²) in [7, 11) is -9.67. The van der Waals surface area contributed by atoms with Crippen molar-refractivity contribution < 1.29 is 62.2 Å². The summed E-state index contributed by atoms with van der Waals surface area (Å²) < 4.78 is 55.4. The third kappa shape index (κ3) is 15.0. The van der Waals surface area contributed by atoms with E-state index in [9.17, 15) is 24.2 Å². The number of aromatic nitrogens is 2. The second-order valence-electron chi connectivity index (χ2n) is 10.9. The van der Waals surface area contributed by atoms with Gasteiger partial charge in [-0.1, -0.05) is 35.2 Å². The molecule has 7 N–H and O–H groups in total. The second kappa shape index (κ2) is 21.8. The smallest absolute Gasteiger partial charge is 0.340 e. The van der Waals surface area contributed by atoms with Crippen LogP contribution in [0.25, 0.3) is 0 Å². The molecule has 1 aliphatic rings. The lowest BCUT2D eigenvalue weighted by Crippen LogP contribution is -2.37. The maximum absolute atomic E-state index is 12.1. The first kappa shape index (κ1) is 44.4. The van der Waals surface area contributed by atoms with Crippen LogP contribution in [-0.4, -0.2) is 138 Å². The zero-order chi connectivity index (χ0) is 38.3. The largest absolute Gasteiger partial charge is 0.387 e. The van der Waals surface area contributed by atoms with Gasteiger partial charge in [-0.05, 0) is 29.3 Å².